The molecule has 19 heavy (non-hydrogen) atoms. The topological polar surface area (TPSA) is 52.6 Å². The van der Waals surface area contributed by atoms with E-state index in [1.807, 2.05) is 0 Å². The molecule has 0 bridgehead atoms. The Hall–Kier alpha value is -1.07. The number of hydrogen-bond donors (Lipinski definition) is 2. The molecular formula is C14H22N2O2S. The molecule has 0 radical (unpaired) electrons. The van der Waals surface area contributed by atoms with E-state index >= 15 is 0 Å². The summed E-state index contributed by atoms with van der Waals surface area (Å²) in [4.78, 5) is 15.1. The molecule has 1 atom stereocenters. The number of carbonyl (C=O) groups excluding carboxylic acids is 1. The molecule has 1 unspecified atom stereocenters. The number of rotatable bonds is 7. The smallest absolute Gasteiger partial charge is 0.317 e. The summed E-state index contributed by atoms with van der Waals surface area (Å²) in [6.07, 6.45) is 3.14. The number of nitrogens with zero attached hydrogens (tertiary/aromatic N) is 1. The average Bonchev–Trinajstić information content (AvgIpc) is 3.11. The lowest BCUT2D eigenvalue weighted by Gasteiger charge is -2.23. The fourth-order valence-electron chi connectivity index (χ4n) is 2.15. The molecule has 0 aromatic carbocycles. The maximum atomic E-state index is 12.0. The zero-order chi connectivity index (χ0) is 13.7. The molecule has 1 aliphatic carbocycles. The highest BCUT2D eigenvalue weighted by atomic mass is 32.1. The van der Waals surface area contributed by atoms with Gasteiger partial charge in [-0.3, -0.25) is 0 Å². The van der Waals surface area contributed by atoms with Crippen LogP contribution in [0.1, 0.15) is 24.6 Å². The second-order valence-corrected chi connectivity index (χ2v) is 6.26. The predicted molar refractivity (Wildman–Crippen MR) is 77.4 cm³/mol. The highest BCUT2D eigenvalue weighted by molar-refractivity contribution is 7.09. The Morgan fingerprint density at radius 2 is 2.42 bits per heavy atom. The minimum atomic E-state index is -0.0328. The number of thiophene rings is 1. The summed E-state index contributed by atoms with van der Waals surface area (Å²) in [5.41, 5.74) is 0. The van der Waals surface area contributed by atoms with Gasteiger partial charge in [-0.25, -0.2) is 4.79 Å². The van der Waals surface area contributed by atoms with Crippen molar-refractivity contribution in [1.82, 2.24) is 10.2 Å². The SMILES string of the molecule is CC(CNC(=O)N(CCO)C1CC1)Cc1cccs1. The van der Waals surface area contributed by atoms with Gasteiger partial charge in [-0.2, -0.15) is 0 Å². The fourth-order valence-corrected chi connectivity index (χ4v) is 3.02. The molecule has 1 aliphatic rings. The van der Waals surface area contributed by atoms with E-state index in [0.717, 1.165) is 19.3 Å². The van der Waals surface area contributed by atoms with Crippen LogP contribution in [0.2, 0.25) is 0 Å². The van der Waals surface area contributed by atoms with Gasteiger partial charge in [-0.15, -0.1) is 11.3 Å². The first-order valence-electron chi connectivity index (χ1n) is 6.88. The van der Waals surface area contributed by atoms with Crippen LogP contribution in [0.4, 0.5) is 4.79 Å². The molecule has 0 spiro atoms. The van der Waals surface area contributed by atoms with E-state index < -0.39 is 0 Å². The summed E-state index contributed by atoms with van der Waals surface area (Å²) in [6, 6.07) is 4.50. The van der Waals surface area contributed by atoms with Gasteiger partial charge in [0.1, 0.15) is 0 Å². The molecule has 1 aromatic rings. The Labute approximate surface area is 118 Å². The molecule has 1 saturated carbocycles. The lowest BCUT2D eigenvalue weighted by Crippen LogP contribution is -2.44. The molecule has 1 fully saturated rings. The van der Waals surface area contributed by atoms with E-state index in [2.05, 4.69) is 29.8 Å². The average molecular weight is 282 g/mol. The van der Waals surface area contributed by atoms with Crippen LogP contribution in [-0.2, 0) is 6.42 Å². The van der Waals surface area contributed by atoms with Crippen LogP contribution >= 0.6 is 11.3 Å². The minimum absolute atomic E-state index is 0.0328. The second-order valence-electron chi connectivity index (χ2n) is 5.22. The molecule has 1 aromatic heterocycles. The van der Waals surface area contributed by atoms with Gasteiger partial charge in [0.05, 0.1) is 6.61 Å². The molecule has 1 heterocycles. The van der Waals surface area contributed by atoms with Gasteiger partial charge in [0, 0.05) is 24.0 Å². The summed E-state index contributed by atoms with van der Waals surface area (Å²) in [5, 5.41) is 14.1. The van der Waals surface area contributed by atoms with Crippen molar-refractivity contribution in [3.05, 3.63) is 22.4 Å². The first-order chi connectivity index (χ1) is 9.20. The van der Waals surface area contributed by atoms with Gasteiger partial charge in [-0.1, -0.05) is 13.0 Å². The maximum Gasteiger partial charge on any atom is 0.317 e. The van der Waals surface area contributed by atoms with Crippen molar-refractivity contribution in [2.45, 2.75) is 32.2 Å². The molecule has 5 heteroatoms. The number of nitrogens with one attached hydrogen (secondary N) is 1. The van der Waals surface area contributed by atoms with Gasteiger partial charge in [0.15, 0.2) is 0 Å². The molecule has 0 aliphatic heterocycles. The number of urea groups is 1. The molecule has 0 saturated heterocycles. The zero-order valence-corrected chi connectivity index (χ0v) is 12.2. The number of amides is 2. The van der Waals surface area contributed by atoms with Crippen molar-refractivity contribution < 1.29 is 9.90 Å². The Bertz CT molecular complexity index is 390. The van der Waals surface area contributed by atoms with Crippen LogP contribution in [0.25, 0.3) is 0 Å². The van der Waals surface area contributed by atoms with Crippen molar-refractivity contribution in [2.75, 3.05) is 19.7 Å². The first kappa shape index (κ1) is 14.3. The number of carbonyl (C=O) groups is 1. The Morgan fingerprint density at radius 1 is 1.63 bits per heavy atom. The van der Waals surface area contributed by atoms with Crippen molar-refractivity contribution in [2.24, 2.45) is 5.92 Å². The fraction of sp³-hybridized carbons (Fsp3) is 0.643. The Kier molecular flexibility index (Phi) is 5.22. The predicted octanol–water partition coefficient (Wildman–Crippen LogP) is 2.09. The van der Waals surface area contributed by atoms with E-state index in [1.54, 1.807) is 16.2 Å². The molecule has 106 valence electrons. The lowest BCUT2D eigenvalue weighted by molar-refractivity contribution is 0.172. The second kappa shape index (κ2) is 6.91. The van der Waals surface area contributed by atoms with Crippen molar-refractivity contribution in [3.63, 3.8) is 0 Å². The molecule has 2 N–H and O–H groups in total. The third-order valence-electron chi connectivity index (χ3n) is 3.32. The number of aliphatic hydroxyl groups is 1. The van der Waals surface area contributed by atoms with Gasteiger partial charge in [0.2, 0.25) is 0 Å². The molecule has 2 amide bonds. The van der Waals surface area contributed by atoms with E-state index in [0.29, 0.717) is 25.0 Å². The summed E-state index contributed by atoms with van der Waals surface area (Å²) >= 11 is 1.76. The van der Waals surface area contributed by atoms with Gasteiger partial charge < -0.3 is 15.3 Å². The minimum Gasteiger partial charge on any atom is -0.395 e. The lowest BCUT2D eigenvalue weighted by atomic mass is 10.1. The van der Waals surface area contributed by atoms with Crippen LogP contribution in [-0.4, -0.2) is 41.8 Å². The van der Waals surface area contributed by atoms with Crippen LogP contribution in [0, 0.1) is 5.92 Å². The van der Waals surface area contributed by atoms with Crippen molar-refractivity contribution in [1.29, 1.82) is 0 Å². The summed E-state index contributed by atoms with van der Waals surface area (Å²) in [7, 11) is 0. The Balaban J connectivity index is 1.72. The van der Waals surface area contributed by atoms with Crippen molar-refractivity contribution >= 4 is 17.4 Å². The Morgan fingerprint density at radius 3 is 3.00 bits per heavy atom. The van der Waals surface area contributed by atoms with Crippen LogP contribution in [0.5, 0.6) is 0 Å². The molecular weight excluding hydrogens is 260 g/mol. The molecule has 4 nitrogen and oxygen atoms in total. The van der Waals surface area contributed by atoms with Crippen LogP contribution < -0.4 is 5.32 Å². The van der Waals surface area contributed by atoms with E-state index in [4.69, 9.17) is 5.11 Å². The standard InChI is InChI=1S/C14H22N2O2S/c1-11(9-13-3-2-8-19-13)10-15-14(18)16(6-7-17)12-4-5-12/h2-3,8,11-12,17H,4-7,9-10H2,1H3,(H,15,18). The highest BCUT2D eigenvalue weighted by Crippen LogP contribution is 2.26. The van der Waals surface area contributed by atoms with E-state index in [-0.39, 0.29) is 12.6 Å². The number of hydrogen-bond acceptors (Lipinski definition) is 3. The largest absolute Gasteiger partial charge is 0.395 e. The van der Waals surface area contributed by atoms with E-state index in [9.17, 15) is 4.79 Å². The van der Waals surface area contributed by atoms with E-state index in [1.165, 1.54) is 4.88 Å². The zero-order valence-electron chi connectivity index (χ0n) is 11.3. The van der Waals surface area contributed by atoms with Crippen LogP contribution in [0.3, 0.4) is 0 Å². The third kappa shape index (κ3) is 4.51. The van der Waals surface area contributed by atoms with Crippen molar-refractivity contribution in [3.8, 4) is 0 Å². The summed E-state index contributed by atoms with van der Waals surface area (Å²) in [5.74, 6) is 0.428. The monoisotopic (exact) mass is 282 g/mol. The summed E-state index contributed by atoms with van der Waals surface area (Å²) < 4.78 is 0. The number of aliphatic hydroxyl groups excluding tert-OH is 1. The highest BCUT2D eigenvalue weighted by Gasteiger charge is 2.32. The van der Waals surface area contributed by atoms with Gasteiger partial charge in [-0.05, 0) is 36.6 Å². The quantitative estimate of drug-likeness (QED) is 0.804. The molecule has 2 rings (SSSR count). The van der Waals surface area contributed by atoms with Gasteiger partial charge in [0.25, 0.3) is 0 Å². The third-order valence-corrected chi connectivity index (χ3v) is 4.22. The normalized spacial score (nSPS) is 16.1. The first-order valence-corrected chi connectivity index (χ1v) is 7.76. The van der Waals surface area contributed by atoms with Gasteiger partial charge >= 0.3 is 6.03 Å². The van der Waals surface area contributed by atoms with Crippen LogP contribution in [0.15, 0.2) is 17.5 Å². The summed E-state index contributed by atoms with van der Waals surface area (Å²) in [6.45, 7) is 3.31. The maximum absolute atomic E-state index is 12.0.